The van der Waals surface area contributed by atoms with Crippen LogP contribution in [0.2, 0.25) is 0 Å². The van der Waals surface area contributed by atoms with E-state index in [0.717, 1.165) is 53.7 Å². The molecule has 1 aromatic carbocycles. The van der Waals surface area contributed by atoms with E-state index in [-0.39, 0.29) is 17.2 Å². The Kier molecular flexibility index (Phi) is 7.00. The molecule has 1 saturated heterocycles. The number of aromatic nitrogens is 5. The lowest BCUT2D eigenvalue weighted by molar-refractivity contribution is 0.0534. The van der Waals surface area contributed by atoms with Gasteiger partial charge in [0.2, 0.25) is 0 Å². The Balaban J connectivity index is 1.73. The highest BCUT2D eigenvalue weighted by Gasteiger charge is 2.36. The van der Waals surface area contributed by atoms with Gasteiger partial charge < -0.3 is 14.1 Å². The Morgan fingerprint density at radius 2 is 2.05 bits per heavy atom. The molecule has 3 aromatic heterocycles. The Morgan fingerprint density at radius 3 is 2.76 bits per heavy atom. The number of hydrogen-bond acceptors (Lipinski definition) is 7. The first-order chi connectivity index (χ1) is 17.8. The average Bonchev–Trinajstić information content (AvgIpc) is 3.66. The second-order valence-electron chi connectivity index (χ2n) is 10.7. The molecule has 0 spiro atoms. The van der Waals surface area contributed by atoms with Crippen molar-refractivity contribution in [3.63, 3.8) is 0 Å². The van der Waals surface area contributed by atoms with Crippen molar-refractivity contribution >= 4 is 10.9 Å². The van der Waals surface area contributed by atoms with Gasteiger partial charge in [0.1, 0.15) is 11.8 Å². The summed E-state index contributed by atoms with van der Waals surface area (Å²) in [7, 11) is 0. The van der Waals surface area contributed by atoms with Crippen molar-refractivity contribution in [2.24, 2.45) is 0 Å². The first-order valence-corrected chi connectivity index (χ1v) is 13.1. The highest BCUT2D eigenvalue weighted by molar-refractivity contribution is 5.85. The van der Waals surface area contributed by atoms with E-state index in [0.29, 0.717) is 24.5 Å². The summed E-state index contributed by atoms with van der Waals surface area (Å²) in [6.07, 6.45) is 4.56. The van der Waals surface area contributed by atoms with Crippen LogP contribution < -0.4 is 5.56 Å². The van der Waals surface area contributed by atoms with Crippen LogP contribution in [0.4, 0.5) is 0 Å². The van der Waals surface area contributed by atoms with Crippen LogP contribution in [0.1, 0.15) is 74.4 Å². The number of aromatic amines is 1. The number of ether oxygens (including phenoxy) is 1. The molecule has 2 atom stereocenters. The van der Waals surface area contributed by atoms with Crippen LogP contribution in [0.25, 0.3) is 10.9 Å². The van der Waals surface area contributed by atoms with Crippen molar-refractivity contribution in [3.8, 4) is 0 Å². The molecule has 9 nitrogen and oxygen atoms in total. The minimum Gasteiger partial charge on any atom is -0.468 e. The number of nitrogens with one attached hydrogen (secondary N) is 1. The van der Waals surface area contributed by atoms with Gasteiger partial charge in [0.25, 0.3) is 5.56 Å². The monoisotopic (exact) mass is 504 g/mol. The number of rotatable bonds is 9. The molecule has 37 heavy (non-hydrogen) atoms. The third-order valence-electron chi connectivity index (χ3n) is 7.71. The van der Waals surface area contributed by atoms with Crippen molar-refractivity contribution in [3.05, 3.63) is 75.2 Å². The zero-order valence-corrected chi connectivity index (χ0v) is 22.3. The van der Waals surface area contributed by atoms with Crippen LogP contribution in [-0.2, 0) is 16.8 Å². The smallest absolute Gasteiger partial charge is 0.253 e. The summed E-state index contributed by atoms with van der Waals surface area (Å²) in [5, 5.41) is 14.0. The summed E-state index contributed by atoms with van der Waals surface area (Å²) in [6.45, 7) is 12.3. The van der Waals surface area contributed by atoms with Gasteiger partial charge in [0.05, 0.1) is 30.0 Å². The van der Waals surface area contributed by atoms with Crippen LogP contribution in [-0.4, -0.2) is 49.3 Å². The van der Waals surface area contributed by atoms with Crippen molar-refractivity contribution in [1.29, 1.82) is 0 Å². The molecule has 0 unspecified atom stereocenters. The zero-order valence-electron chi connectivity index (χ0n) is 22.3. The Labute approximate surface area is 216 Å². The van der Waals surface area contributed by atoms with E-state index in [2.05, 4.69) is 59.2 Å². The fourth-order valence-corrected chi connectivity index (χ4v) is 5.15. The van der Waals surface area contributed by atoms with E-state index in [1.165, 1.54) is 0 Å². The van der Waals surface area contributed by atoms with Crippen LogP contribution in [0.5, 0.6) is 0 Å². The van der Waals surface area contributed by atoms with Crippen LogP contribution in [0, 0.1) is 13.8 Å². The maximum Gasteiger partial charge on any atom is 0.253 e. The summed E-state index contributed by atoms with van der Waals surface area (Å²) in [5.41, 5.74) is 3.11. The zero-order chi connectivity index (χ0) is 26.2. The first kappa shape index (κ1) is 25.4. The Hall–Kier alpha value is -3.30. The number of pyridine rings is 1. The molecule has 0 radical (unpaired) electrons. The second kappa shape index (κ2) is 10.2. The number of hydrogen-bond donors (Lipinski definition) is 1. The quantitative estimate of drug-likeness (QED) is 0.354. The Morgan fingerprint density at radius 1 is 1.24 bits per heavy atom. The Bertz CT molecular complexity index is 1420. The summed E-state index contributed by atoms with van der Waals surface area (Å²) >= 11 is 0. The molecule has 196 valence electrons. The molecule has 0 bridgehead atoms. The summed E-state index contributed by atoms with van der Waals surface area (Å²) < 4.78 is 13.7. The van der Waals surface area contributed by atoms with Gasteiger partial charge in [-0.25, -0.2) is 4.68 Å². The van der Waals surface area contributed by atoms with Gasteiger partial charge in [-0.15, -0.1) is 5.10 Å². The number of benzene rings is 1. The third-order valence-corrected chi connectivity index (χ3v) is 7.71. The number of aryl methyl sites for hydroxylation is 2. The second-order valence-corrected chi connectivity index (χ2v) is 10.7. The number of H-pyrrole nitrogens is 1. The predicted molar refractivity (Wildman–Crippen MR) is 141 cm³/mol. The lowest BCUT2D eigenvalue weighted by Crippen LogP contribution is -2.41. The predicted octanol–water partition coefficient (Wildman–Crippen LogP) is 4.64. The topological polar surface area (TPSA) is 102 Å². The summed E-state index contributed by atoms with van der Waals surface area (Å²) in [5.74, 6) is 1.44. The number of nitrogens with zero attached hydrogens (tertiary/aromatic N) is 5. The fraction of sp³-hybridized carbons (Fsp3) is 0.500. The molecule has 4 aromatic rings. The minimum atomic E-state index is -0.511. The van der Waals surface area contributed by atoms with Gasteiger partial charge in [0.15, 0.2) is 5.82 Å². The maximum absolute atomic E-state index is 13.8. The maximum atomic E-state index is 13.8. The van der Waals surface area contributed by atoms with Crippen molar-refractivity contribution in [2.45, 2.75) is 78.1 Å². The lowest BCUT2D eigenvalue weighted by atomic mass is 9.97. The lowest BCUT2D eigenvalue weighted by Gasteiger charge is -2.34. The molecule has 1 aliphatic heterocycles. The van der Waals surface area contributed by atoms with Crippen LogP contribution in [0.3, 0.4) is 0 Å². The first-order valence-electron chi connectivity index (χ1n) is 13.1. The normalized spacial score (nSPS) is 17.2. The standard InChI is InChI=1S/C28H36N6O3/c1-6-28(4,5)34-26(30-31-32-34)25(23-15-22-18(2)11-12-19(3)24(22)29-27(23)35)33(16-20-9-7-13-36-20)17-21-10-8-14-37-21/h7,9,11-13,15,21,25H,6,8,10,14,16-17H2,1-5H3,(H,29,35)/t21-,25+/m0/s1. The number of tetrazole rings is 1. The van der Waals surface area contributed by atoms with Crippen LogP contribution >= 0.6 is 0 Å². The van der Waals surface area contributed by atoms with E-state index < -0.39 is 6.04 Å². The summed E-state index contributed by atoms with van der Waals surface area (Å²) in [6, 6.07) is 9.47. The fourth-order valence-electron chi connectivity index (χ4n) is 5.15. The molecule has 0 amide bonds. The van der Waals surface area contributed by atoms with Gasteiger partial charge in [-0.05, 0) is 86.7 Å². The number of furan rings is 1. The molecule has 9 heteroatoms. The summed E-state index contributed by atoms with van der Waals surface area (Å²) in [4.78, 5) is 19.2. The largest absolute Gasteiger partial charge is 0.468 e. The van der Waals surface area contributed by atoms with E-state index in [4.69, 9.17) is 9.15 Å². The highest BCUT2D eigenvalue weighted by Crippen LogP contribution is 2.33. The average molecular weight is 505 g/mol. The van der Waals surface area contributed by atoms with E-state index in [1.54, 1.807) is 6.26 Å². The molecular weight excluding hydrogens is 468 g/mol. The van der Waals surface area contributed by atoms with E-state index in [1.807, 2.05) is 35.9 Å². The van der Waals surface area contributed by atoms with Crippen molar-refractivity contribution in [1.82, 2.24) is 30.1 Å². The molecule has 1 aliphatic rings. The van der Waals surface area contributed by atoms with Gasteiger partial charge in [0, 0.05) is 24.1 Å². The van der Waals surface area contributed by atoms with Gasteiger partial charge in [-0.3, -0.25) is 9.69 Å². The molecule has 0 saturated carbocycles. The van der Waals surface area contributed by atoms with Crippen LogP contribution in [0.15, 0.2) is 45.8 Å². The third kappa shape index (κ3) is 4.98. The van der Waals surface area contributed by atoms with Gasteiger partial charge >= 0.3 is 0 Å². The van der Waals surface area contributed by atoms with E-state index >= 15 is 0 Å². The van der Waals surface area contributed by atoms with Gasteiger partial charge in [-0.2, -0.15) is 0 Å². The molecule has 4 heterocycles. The molecule has 1 fully saturated rings. The molecule has 5 rings (SSSR count). The van der Waals surface area contributed by atoms with Gasteiger partial charge in [-0.1, -0.05) is 19.1 Å². The minimum absolute atomic E-state index is 0.0597. The molecular formula is C28H36N6O3. The molecule has 1 N–H and O–H groups in total. The van der Waals surface area contributed by atoms with Crippen molar-refractivity contribution < 1.29 is 9.15 Å². The number of fused-ring (bicyclic) bond motifs is 1. The SMILES string of the molecule is CCC(C)(C)n1nnnc1[C@@H](c1cc2c(C)ccc(C)c2[nH]c1=O)N(Cc1ccco1)C[C@@H]1CCCO1. The highest BCUT2D eigenvalue weighted by atomic mass is 16.5. The molecule has 0 aliphatic carbocycles. The van der Waals surface area contributed by atoms with E-state index in [9.17, 15) is 4.79 Å². The van der Waals surface area contributed by atoms with Crippen molar-refractivity contribution in [2.75, 3.05) is 13.2 Å².